The molecule has 5 nitrogen and oxygen atoms in total. The largest absolute Gasteiger partial charge is 0.381 e. The average molecular weight is 340 g/mol. The summed E-state index contributed by atoms with van der Waals surface area (Å²) in [6, 6.07) is 0.261. The van der Waals surface area contributed by atoms with Crippen molar-refractivity contribution in [3.63, 3.8) is 0 Å². The molecule has 0 aliphatic carbocycles. The first kappa shape index (κ1) is 19.0. The van der Waals surface area contributed by atoms with Gasteiger partial charge in [0.05, 0.1) is 6.04 Å². The number of nitrogens with zero attached hydrogens (tertiary/aromatic N) is 2. The van der Waals surface area contributed by atoms with Crippen LogP contribution in [-0.2, 0) is 9.53 Å². The Morgan fingerprint density at radius 2 is 1.81 bits per heavy atom. The Balaban J connectivity index is 0.00000110. The van der Waals surface area contributed by atoms with E-state index < -0.39 is 0 Å². The summed E-state index contributed by atoms with van der Waals surface area (Å²) in [5, 5.41) is 0. The molecule has 0 saturated carbocycles. The van der Waals surface area contributed by atoms with Gasteiger partial charge in [-0.15, -0.1) is 24.8 Å². The summed E-state index contributed by atoms with van der Waals surface area (Å²) in [4.78, 5) is 17.1. The van der Waals surface area contributed by atoms with Crippen molar-refractivity contribution in [1.29, 1.82) is 0 Å². The van der Waals surface area contributed by atoms with E-state index in [4.69, 9.17) is 10.5 Å². The SMILES string of the molecule is Cl.Cl.NC(C(=O)N1CCN2CCCC2C1)C1CCOCC1. The highest BCUT2D eigenvalue weighted by Crippen LogP contribution is 2.24. The summed E-state index contributed by atoms with van der Waals surface area (Å²) in [5.74, 6) is 0.473. The molecule has 0 aromatic rings. The third-order valence-electron chi connectivity index (χ3n) is 4.96. The second-order valence-electron chi connectivity index (χ2n) is 6.09. The van der Waals surface area contributed by atoms with Crippen molar-refractivity contribution in [2.75, 3.05) is 39.4 Å². The molecule has 3 fully saturated rings. The molecule has 1 amide bonds. The van der Waals surface area contributed by atoms with Gasteiger partial charge in [-0.05, 0) is 38.1 Å². The number of ether oxygens (including phenoxy) is 1. The van der Waals surface area contributed by atoms with E-state index in [1.165, 1.54) is 19.4 Å². The summed E-state index contributed by atoms with van der Waals surface area (Å²) in [6.45, 7) is 5.47. The van der Waals surface area contributed by atoms with Gasteiger partial charge in [0, 0.05) is 38.9 Å². The van der Waals surface area contributed by atoms with E-state index in [0.717, 1.165) is 45.7 Å². The minimum Gasteiger partial charge on any atom is -0.381 e. The predicted molar refractivity (Wildman–Crippen MR) is 87.2 cm³/mol. The number of fused-ring (bicyclic) bond motifs is 1. The highest BCUT2D eigenvalue weighted by Gasteiger charge is 2.36. The summed E-state index contributed by atoms with van der Waals surface area (Å²) < 4.78 is 5.34. The van der Waals surface area contributed by atoms with Crippen LogP contribution in [0, 0.1) is 5.92 Å². The van der Waals surface area contributed by atoms with Crippen LogP contribution in [0.1, 0.15) is 25.7 Å². The van der Waals surface area contributed by atoms with Crippen LogP contribution in [0.4, 0.5) is 0 Å². The van der Waals surface area contributed by atoms with Gasteiger partial charge in [-0.2, -0.15) is 0 Å². The fraction of sp³-hybridized carbons (Fsp3) is 0.929. The summed E-state index contributed by atoms with van der Waals surface area (Å²) in [5.41, 5.74) is 6.20. The maximum Gasteiger partial charge on any atom is 0.239 e. The number of carbonyl (C=O) groups excluding carboxylic acids is 1. The Hall–Kier alpha value is -0.0700. The third kappa shape index (κ3) is 4.23. The molecule has 3 aliphatic heterocycles. The lowest BCUT2D eigenvalue weighted by Crippen LogP contribution is -2.57. The second-order valence-corrected chi connectivity index (χ2v) is 6.09. The minimum absolute atomic E-state index is 0. The number of hydrogen-bond acceptors (Lipinski definition) is 4. The zero-order valence-corrected chi connectivity index (χ0v) is 14.0. The fourth-order valence-corrected chi connectivity index (χ4v) is 3.68. The van der Waals surface area contributed by atoms with Gasteiger partial charge in [0.2, 0.25) is 5.91 Å². The lowest BCUT2D eigenvalue weighted by atomic mass is 9.91. The molecule has 0 aromatic carbocycles. The van der Waals surface area contributed by atoms with Gasteiger partial charge in [0.25, 0.3) is 0 Å². The summed E-state index contributed by atoms with van der Waals surface area (Å²) in [6.07, 6.45) is 4.36. The summed E-state index contributed by atoms with van der Waals surface area (Å²) in [7, 11) is 0. The molecule has 7 heteroatoms. The topological polar surface area (TPSA) is 58.8 Å². The highest BCUT2D eigenvalue weighted by molar-refractivity contribution is 5.85. The van der Waals surface area contributed by atoms with Crippen LogP contribution in [0.25, 0.3) is 0 Å². The molecule has 3 saturated heterocycles. The molecule has 2 unspecified atom stereocenters. The molecule has 0 spiro atoms. The van der Waals surface area contributed by atoms with E-state index in [1.54, 1.807) is 0 Å². The van der Waals surface area contributed by atoms with E-state index in [0.29, 0.717) is 12.0 Å². The van der Waals surface area contributed by atoms with Crippen molar-refractivity contribution in [2.24, 2.45) is 11.7 Å². The number of rotatable bonds is 2. The Kier molecular flexibility index (Phi) is 7.71. The lowest BCUT2D eigenvalue weighted by Gasteiger charge is -2.39. The van der Waals surface area contributed by atoms with Gasteiger partial charge in [-0.3, -0.25) is 9.69 Å². The Morgan fingerprint density at radius 1 is 1.10 bits per heavy atom. The zero-order chi connectivity index (χ0) is 13.2. The second kappa shape index (κ2) is 8.53. The summed E-state index contributed by atoms with van der Waals surface area (Å²) >= 11 is 0. The monoisotopic (exact) mass is 339 g/mol. The van der Waals surface area contributed by atoms with E-state index in [1.807, 2.05) is 4.90 Å². The first-order valence-electron chi connectivity index (χ1n) is 7.62. The molecule has 3 rings (SSSR count). The molecule has 3 aliphatic rings. The average Bonchev–Trinajstić information content (AvgIpc) is 2.94. The first-order valence-corrected chi connectivity index (χ1v) is 7.62. The van der Waals surface area contributed by atoms with Crippen molar-refractivity contribution >= 4 is 30.7 Å². The van der Waals surface area contributed by atoms with Crippen LogP contribution in [0.15, 0.2) is 0 Å². The van der Waals surface area contributed by atoms with Crippen LogP contribution in [0.3, 0.4) is 0 Å². The van der Waals surface area contributed by atoms with Gasteiger partial charge >= 0.3 is 0 Å². The molecule has 21 heavy (non-hydrogen) atoms. The third-order valence-corrected chi connectivity index (χ3v) is 4.96. The van der Waals surface area contributed by atoms with E-state index in [9.17, 15) is 4.79 Å². The Morgan fingerprint density at radius 3 is 2.52 bits per heavy atom. The van der Waals surface area contributed by atoms with Crippen molar-refractivity contribution in [3.05, 3.63) is 0 Å². The van der Waals surface area contributed by atoms with Gasteiger partial charge in [-0.25, -0.2) is 0 Å². The number of hydrogen-bond donors (Lipinski definition) is 1. The minimum atomic E-state index is -0.322. The zero-order valence-electron chi connectivity index (χ0n) is 12.4. The molecule has 0 aromatic heterocycles. The highest BCUT2D eigenvalue weighted by atomic mass is 35.5. The number of nitrogens with two attached hydrogens (primary N) is 1. The van der Waals surface area contributed by atoms with Crippen molar-refractivity contribution in [3.8, 4) is 0 Å². The molecule has 3 heterocycles. The number of carbonyl (C=O) groups is 1. The maximum atomic E-state index is 12.5. The maximum absolute atomic E-state index is 12.5. The van der Waals surface area contributed by atoms with Gasteiger partial charge in [0.15, 0.2) is 0 Å². The molecule has 0 radical (unpaired) electrons. The van der Waals surface area contributed by atoms with Crippen LogP contribution < -0.4 is 5.73 Å². The van der Waals surface area contributed by atoms with Gasteiger partial charge in [0.1, 0.15) is 0 Å². The smallest absolute Gasteiger partial charge is 0.239 e. The van der Waals surface area contributed by atoms with Crippen LogP contribution in [0.2, 0.25) is 0 Å². The Bertz CT molecular complexity index is 340. The van der Waals surface area contributed by atoms with Crippen LogP contribution in [0.5, 0.6) is 0 Å². The molecular formula is C14H27Cl2N3O2. The van der Waals surface area contributed by atoms with E-state index in [-0.39, 0.29) is 36.8 Å². The lowest BCUT2D eigenvalue weighted by molar-refractivity contribution is -0.137. The molecule has 2 atom stereocenters. The molecule has 2 N–H and O–H groups in total. The van der Waals surface area contributed by atoms with Crippen molar-refractivity contribution < 1.29 is 9.53 Å². The van der Waals surface area contributed by atoms with Crippen molar-refractivity contribution in [1.82, 2.24) is 9.80 Å². The van der Waals surface area contributed by atoms with E-state index in [2.05, 4.69) is 4.90 Å². The van der Waals surface area contributed by atoms with Crippen molar-refractivity contribution in [2.45, 2.75) is 37.8 Å². The normalized spacial score (nSPS) is 28.2. The van der Waals surface area contributed by atoms with Gasteiger partial charge in [-0.1, -0.05) is 0 Å². The molecule has 0 bridgehead atoms. The van der Waals surface area contributed by atoms with E-state index >= 15 is 0 Å². The predicted octanol–water partition coefficient (Wildman–Crippen LogP) is 0.890. The first-order chi connectivity index (χ1) is 9.25. The molecule has 124 valence electrons. The number of halogens is 2. The Labute approximate surface area is 139 Å². The van der Waals surface area contributed by atoms with Crippen LogP contribution in [-0.4, -0.2) is 67.2 Å². The quantitative estimate of drug-likeness (QED) is 0.811. The van der Waals surface area contributed by atoms with Crippen LogP contribution >= 0.6 is 24.8 Å². The standard InChI is InChI=1S/C14H25N3O2.2ClH/c15-13(11-3-8-19-9-4-11)14(18)17-7-6-16-5-1-2-12(16)10-17;;/h11-13H,1-10,15H2;2*1H. The number of piperazine rings is 1. The fourth-order valence-electron chi connectivity index (χ4n) is 3.68. The van der Waals surface area contributed by atoms with Gasteiger partial charge < -0.3 is 15.4 Å². The molecular weight excluding hydrogens is 313 g/mol. The number of amides is 1.